The third kappa shape index (κ3) is 4.04. The van der Waals surface area contributed by atoms with Gasteiger partial charge in [0.2, 0.25) is 0 Å². The molecule has 1 N–H and O–H groups in total. The van der Waals surface area contributed by atoms with Gasteiger partial charge in [0.25, 0.3) is 0 Å². The first-order chi connectivity index (χ1) is 9.24. The number of hydrogen-bond acceptors (Lipinski definition) is 2. The largest absolute Gasteiger partial charge is 0.308 e. The summed E-state index contributed by atoms with van der Waals surface area (Å²) in [5, 5.41) is 3.76. The number of halogens is 1. The van der Waals surface area contributed by atoms with E-state index in [1.807, 2.05) is 0 Å². The molecule has 2 nitrogen and oxygen atoms in total. The van der Waals surface area contributed by atoms with Crippen LogP contribution < -0.4 is 5.32 Å². The molecule has 1 fully saturated rings. The predicted molar refractivity (Wildman–Crippen MR) is 85.4 cm³/mol. The first-order valence-corrected chi connectivity index (χ1v) is 8.26. The van der Waals surface area contributed by atoms with Crippen LogP contribution in [0.15, 0.2) is 28.7 Å². The number of nitrogens with zero attached hydrogens (tertiary/aromatic N) is 1. The Hall–Kier alpha value is -0.380. The highest BCUT2D eigenvalue weighted by Gasteiger charge is 2.23. The van der Waals surface area contributed by atoms with Crippen LogP contribution in [0.25, 0.3) is 0 Å². The molecule has 0 saturated carbocycles. The van der Waals surface area contributed by atoms with E-state index in [9.17, 15) is 0 Å². The van der Waals surface area contributed by atoms with Crippen LogP contribution in [-0.2, 0) is 0 Å². The maximum absolute atomic E-state index is 3.76. The molecule has 2 rings (SSSR count). The van der Waals surface area contributed by atoms with Gasteiger partial charge in [0.15, 0.2) is 0 Å². The lowest BCUT2D eigenvalue weighted by molar-refractivity contribution is 0.253. The van der Waals surface area contributed by atoms with Crippen LogP contribution in [0.4, 0.5) is 0 Å². The molecule has 1 aromatic rings. The van der Waals surface area contributed by atoms with E-state index < -0.39 is 0 Å². The third-order valence-corrected chi connectivity index (χ3v) is 4.66. The number of hydrogen-bond donors (Lipinski definition) is 1. The standard InChI is InChI=1S/C16H25BrN2/c1-3-16(13-7-5-8-14(17)11-13)18-12-15-9-6-10-19(15)4-2/h5,7-8,11,15-16,18H,3-4,6,9-10,12H2,1-2H3. The van der Waals surface area contributed by atoms with E-state index in [0.717, 1.165) is 19.0 Å². The zero-order valence-corrected chi connectivity index (χ0v) is 13.6. The number of nitrogens with one attached hydrogen (secondary N) is 1. The van der Waals surface area contributed by atoms with Crippen LogP contribution in [0.5, 0.6) is 0 Å². The first-order valence-electron chi connectivity index (χ1n) is 7.47. The number of likely N-dealkylation sites (tertiary alicyclic amines) is 1. The average Bonchev–Trinajstić information content (AvgIpc) is 2.87. The Kier molecular flexibility index (Phi) is 5.86. The summed E-state index contributed by atoms with van der Waals surface area (Å²) < 4.78 is 1.17. The van der Waals surface area contributed by atoms with Gasteiger partial charge in [0.1, 0.15) is 0 Å². The van der Waals surface area contributed by atoms with Crippen LogP contribution in [0.1, 0.15) is 44.7 Å². The van der Waals surface area contributed by atoms with Gasteiger partial charge in [-0.3, -0.25) is 4.90 Å². The Labute approximate surface area is 125 Å². The normalized spacial score (nSPS) is 21.7. The van der Waals surface area contributed by atoms with Gasteiger partial charge >= 0.3 is 0 Å². The van der Waals surface area contributed by atoms with Crippen molar-refractivity contribution in [3.63, 3.8) is 0 Å². The average molecular weight is 325 g/mol. The lowest BCUT2D eigenvalue weighted by Gasteiger charge is -2.26. The van der Waals surface area contributed by atoms with E-state index in [-0.39, 0.29) is 0 Å². The molecule has 0 bridgehead atoms. The Morgan fingerprint density at radius 2 is 2.26 bits per heavy atom. The summed E-state index contributed by atoms with van der Waals surface area (Å²) in [7, 11) is 0. The summed E-state index contributed by atoms with van der Waals surface area (Å²) in [5.74, 6) is 0. The molecule has 0 spiro atoms. The molecule has 1 aliphatic rings. The van der Waals surface area contributed by atoms with Crippen molar-refractivity contribution < 1.29 is 0 Å². The van der Waals surface area contributed by atoms with E-state index in [4.69, 9.17) is 0 Å². The second-order valence-corrected chi connectivity index (χ2v) is 6.26. The Morgan fingerprint density at radius 1 is 1.42 bits per heavy atom. The van der Waals surface area contributed by atoms with E-state index in [1.54, 1.807) is 0 Å². The van der Waals surface area contributed by atoms with Gasteiger partial charge in [0, 0.05) is 23.1 Å². The molecule has 1 heterocycles. The van der Waals surface area contributed by atoms with Crippen molar-refractivity contribution in [2.24, 2.45) is 0 Å². The van der Waals surface area contributed by atoms with E-state index in [1.165, 1.54) is 36.0 Å². The lowest BCUT2D eigenvalue weighted by atomic mass is 10.0. The Morgan fingerprint density at radius 3 is 2.95 bits per heavy atom. The lowest BCUT2D eigenvalue weighted by Crippen LogP contribution is -2.39. The van der Waals surface area contributed by atoms with Gasteiger partial charge < -0.3 is 5.32 Å². The van der Waals surface area contributed by atoms with Gasteiger partial charge in [-0.05, 0) is 50.0 Å². The smallest absolute Gasteiger partial charge is 0.0318 e. The van der Waals surface area contributed by atoms with Crippen LogP contribution in [-0.4, -0.2) is 30.6 Å². The van der Waals surface area contributed by atoms with Crippen LogP contribution in [0.3, 0.4) is 0 Å². The second-order valence-electron chi connectivity index (χ2n) is 5.35. The second kappa shape index (κ2) is 7.41. The monoisotopic (exact) mass is 324 g/mol. The molecule has 0 aromatic heterocycles. The zero-order valence-electron chi connectivity index (χ0n) is 12.0. The molecule has 106 valence electrons. The van der Waals surface area contributed by atoms with Crippen LogP contribution in [0.2, 0.25) is 0 Å². The summed E-state index contributed by atoms with van der Waals surface area (Å²) in [6.07, 6.45) is 3.83. The molecular weight excluding hydrogens is 300 g/mol. The van der Waals surface area contributed by atoms with Crippen LogP contribution in [0, 0.1) is 0 Å². The van der Waals surface area contributed by atoms with Gasteiger partial charge in [0.05, 0.1) is 0 Å². The minimum absolute atomic E-state index is 0.469. The van der Waals surface area contributed by atoms with Crippen LogP contribution >= 0.6 is 15.9 Å². The fraction of sp³-hybridized carbons (Fsp3) is 0.625. The topological polar surface area (TPSA) is 15.3 Å². The molecule has 2 atom stereocenters. The Bertz CT molecular complexity index is 394. The Balaban J connectivity index is 1.92. The van der Waals surface area contributed by atoms with E-state index in [2.05, 4.69) is 64.3 Å². The van der Waals surface area contributed by atoms with Gasteiger partial charge in [-0.1, -0.05) is 41.9 Å². The maximum Gasteiger partial charge on any atom is 0.0318 e. The minimum Gasteiger partial charge on any atom is -0.308 e. The molecule has 3 heteroatoms. The highest BCUT2D eigenvalue weighted by Crippen LogP contribution is 2.22. The number of rotatable bonds is 6. The SMILES string of the molecule is CCC(NCC1CCCN1CC)c1cccc(Br)c1. The fourth-order valence-electron chi connectivity index (χ4n) is 3.04. The van der Waals surface area contributed by atoms with E-state index >= 15 is 0 Å². The highest BCUT2D eigenvalue weighted by atomic mass is 79.9. The minimum atomic E-state index is 0.469. The predicted octanol–water partition coefficient (Wildman–Crippen LogP) is 3.97. The van der Waals surface area contributed by atoms with E-state index in [0.29, 0.717) is 6.04 Å². The van der Waals surface area contributed by atoms with Gasteiger partial charge in [-0.15, -0.1) is 0 Å². The summed E-state index contributed by atoms with van der Waals surface area (Å²) in [4.78, 5) is 2.60. The van der Waals surface area contributed by atoms with Crippen molar-refractivity contribution in [3.05, 3.63) is 34.3 Å². The molecule has 1 aromatic carbocycles. The molecule has 0 radical (unpaired) electrons. The third-order valence-electron chi connectivity index (χ3n) is 4.16. The molecule has 2 unspecified atom stereocenters. The van der Waals surface area contributed by atoms with Crippen molar-refractivity contribution in [2.75, 3.05) is 19.6 Å². The zero-order chi connectivity index (χ0) is 13.7. The molecule has 1 saturated heterocycles. The number of likely N-dealkylation sites (N-methyl/N-ethyl adjacent to an activating group) is 1. The first kappa shape index (κ1) is 15.0. The molecule has 19 heavy (non-hydrogen) atoms. The molecular formula is C16H25BrN2. The van der Waals surface area contributed by atoms with Crippen molar-refractivity contribution >= 4 is 15.9 Å². The maximum atomic E-state index is 3.76. The molecule has 0 aliphatic carbocycles. The van der Waals surface area contributed by atoms with Crippen molar-refractivity contribution in [1.82, 2.24) is 10.2 Å². The summed E-state index contributed by atoms with van der Waals surface area (Å²) in [6.45, 7) is 8.09. The number of benzene rings is 1. The van der Waals surface area contributed by atoms with Crippen molar-refractivity contribution in [3.8, 4) is 0 Å². The van der Waals surface area contributed by atoms with Crippen molar-refractivity contribution in [2.45, 2.75) is 45.2 Å². The highest BCUT2D eigenvalue weighted by molar-refractivity contribution is 9.10. The van der Waals surface area contributed by atoms with Gasteiger partial charge in [-0.2, -0.15) is 0 Å². The molecule has 0 amide bonds. The molecule has 1 aliphatic heterocycles. The van der Waals surface area contributed by atoms with Crippen molar-refractivity contribution in [1.29, 1.82) is 0 Å². The quantitative estimate of drug-likeness (QED) is 0.851. The fourth-order valence-corrected chi connectivity index (χ4v) is 3.46. The summed E-state index contributed by atoms with van der Waals surface area (Å²) in [5.41, 5.74) is 1.39. The summed E-state index contributed by atoms with van der Waals surface area (Å²) >= 11 is 3.56. The summed E-state index contributed by atoms with van der Waals surface area (Å²) in [6, 6.07) is 9.86. The van der Waals surface area contributed by atoms with Gasteiger partial charge in [-0.25, -0.2) is 0 Å².